The van der Waals surface area contributed by atoms with Gasteiger partial charge in [-0.25, -0.2) is 9.59 Å². The quantitative estimate of drug-likeness (QED) is 0.733. The number of aliphatic carboxylic acids is 1. The van der Waals surface area contributed by atoms with E-state index in [2.05, 4.69) is 10.6 Å². The molecule has 0 aliphatic heterocycles. The van der Waals surface area contributed by atoms with Crippen LogP contribution in [0.25, 0.3) is 0 Å². The first-order chi connectivity index (χ1) is 11.1. The maximum absolute atomic E-state index is 11.9. The van der Waals surface area contributed by atoms with Crippen LogP contribution >= 0.6 is 0 Å². The highest BCUT2D eigenvalue weighted by molar-refractivity contribution is 5.82. The largest absolute Gasteiger partial charge is 0.480 e. The zero-order valence-corrected chi connectivity index (χ0v) is 12.7. The molecule has 0 bridgehead atoms. The molecular formula is C18H20N2O3. The molecule has 0 aromatic heterocycles. The van der Waals surface area contributed by atoms with Crippen molar-refractivity contribution in [1.29, 1.82) is 0 Å². The van der Waals surface area contributed by atoms with E-state index in [1.165, 1.54) is 0 Å². The van der Waals surface area contributed by atoms with Crippen molar-refractivity contribution < 1.29 is 14.7 Å². The van der Waals surface area contributed by atoms with Gasteiger partial charge in [-0.15, -0.1) is 0 Å². The molecule has 0 saturated heterocycles. The highest BCUT2D eigenvalue weighted by Gasteiger charge is 2.20. The van der Waals surface area contributed by atoms with Gasteiger partial charge in [-0.2, -0.15) is 0 Å². The molecular weight excluding hydrogens is 292 g/mol. The van der Waals surface area contributed by atoms with Crippen LogP contribution in [0.2, 0.25) is 0 Å². The fourth-order valence-corrected chi connectivity index (χ4v) is 2.22. The standard InChI is InChI=1S/C18H20N2O3/c21-17(22)16(13-15-9-5-2-6-10-15)20-18(23)19-12-11-14-7-3-1-4-8-14/h1-10,16H,11-13H2,(H,21,22)(H2,19,20,23)/t16-/m0/s1. The number of carboxylic acid groups (broad SMARTS) is 1. The van der Waals surface area contributed by atoms with E-state index < -0.39 is 18.0 Å². The molecule has 0 heterocycles. The number of carbonyl (C=O) groups excluding carboxylic acids is 1. The van der Waals surface area contributed by atoms with Gasteiger partial charge in [-0.1, -0.05) is 60.7 Å². The van der Waals surface area contributed by atoms with Crippen LogP contribution in [-0.4, -0.2) is 29.7 Å². The maximum atomic E-state index is 11.9. The second-order valence-electron chi connectivity index (χ2n) is 5.22. The maximum Gasteiger partial charge on any atom is 0.326 e. The summed E-state index contributed by atoms with van der Waals surface area (Å²) in [6.45, 7) is 0.452. The van der Waals surface area contributed by atoms with Gasteiger partial charge >= 0.3 is 12.0 Å². The minimum atomic E-state index is -1.05. The molecule has 3 N–H and O–H groups in total. The van der Waals surface area contributed by atoms with Crippen molar-refractivity contribution in [2.45, 2.75) is 18.9 Å². The van der Waals surface area contributed by atoms with Crippen molar-refractivity contribution in [1.82, 2.24) is 10.6 Å². The first-order valence-corrected chi connectivity index (χ1v) is 7.50. The van der Waals surface area contributed by atoms with Gasteiger partial charge in [0.25, 0.3) is 0 Å². The van der Waals surface area contributed by atoms with Crippen molar-refractivity contribution in [3.8, 4) is 0 Å². The molecule has 120 valence electrons. The second-order valence-corrected chi connectivity index (χ2v) is 5.22. The second kappa shape index (κ2) is 8.58. The molecule has 2 aromatic carbocycles. The van der Waals surface area contributed by atoms with Gasteiger partial charge in [-0.3, -0.25) is 0 Å². The molecule has 2 amide bonds. The van der Waals surface area contributed by atoms with E-state index in [1.807, 2.05) is 60.7 Å². The minimum Gasteiger partial charge on any atom is -0.480 e. The SMILES string of the molecule is O=C(NCCc1ccccc1)N[C@@H](Cc1ccccc1)C(=O)O. The predicted molar refractivity (Wildman–Crippen MR) is 88.3 cm³/mol. The summed E-state index contributed by atoms with van der Waals surface area (Å²) in [4.78, 5) is 23.1. The van der Waals surface area contributed by atoms with E-state index >= 15 is 0 Å². The van der Waals surface area contributed by atoms with Crippen LogP contribution in [-0.2, 0) is 17.6 Å². The van der Waals surface area contributed by atoms with E-state index in [0.717, 1.165) is 11.1 Å². The minimum absolute atomic E-state index is 0.252. The summed E-state index contributed by atoms with van der Waals surface area (Å²) in [5, 5.41) is 14.4. The zero-order valence-electron chi connectivity index (χ0n) is 12.7. The lowest BCUT2D eigenvalue weighted by atomic mass is 10.1. The Morgan fingerprint density at radius 1 is 0.913 bits per heavy atom. The number of urea groups is 1. The number of benzene rings is 2. The fourth-order valence-electron chi connectivity index (χ4n) is 2.22. The number of hydrogen-bond donors (Lipinski definition) is 3. The van der Waals surface area contributed by atoms with Gasteiger partial charge in [0.2, 0.25) is 0 Å². The number of amides is 2. The lowest BCUT2D eigenvalue weighted by Gasteiger charge is -2.15. The number of rotatable bonds is 7. The van der Waals surface area contributed by atoms with Crippen molar-refractivity contribution in [2.75, 3.05) is 6.54 Å². The van der Waals surface area contributed by atoms with E-state index in [1.54, 1.807) is 0 Å². The number of hydrogen-bond acceptors (Lipinski definition) is 2. The Bertz CT molecular complexity index is 629. The third kappa shape index (κ3) is 5.82. The Morgan fingerprint density at radius 2 is 1.48 bits per heavy atom. The lowest BCUT2D eigenvalue weighted by Crippen LogP contribution is -2.47. The van der Waals surface area contributed by atoms with E-state index in [9.17, 15) is 14.7 Å². The van der Waals surface area contributed by atoms with Crippen LogP contribution in [0.3, 0.4) is 0 Å². The molecule has 0 radical (unpaired) electrons. The molecule has 23 heavy (non-hydrogen) atoms. The van der Waals surface area contributed by atoms with Crippen LogP contribution in [0.4, 0.5) is 4.79 Å². The Morgan fingerprint density at radius 3 is 2.04 bits per heavy atom. The predicted octanol–water partition coefficient (Wildman–Crippen LogP) is 2.22. The summed E-state index contributed by atoms with van der Waals surface area (Å²) in [6, 6.07) is 17.6. The highest BCUT2D eigenvalue weighted by Crippen LogP contribution is 2.03. The monoisotopic (exact) mass is 312 g/mol. The van der Waals surface area contributed by atoms with Gasteiger partial charge in [-0.05, 0) is 17.5 Å². The molecule has 5 heteroatoms. The van der Waals surface area contributed by atoms with Gasteiger partial charge in [0.15, 0.2) is 0 Å². The number of carbonyl (C=O) groups is 2. The van der Waals surface area contributed by atoms with Gasteiger partial charge in [0.05, 0.1) is 0 Å². The van der Waals surface area contributed by atoms with E-state index in [4.69, 9.17) is 0 Å². The molecule has 0 fully saturated rings. The van der Waals surface area contributed by atoms with Gasteiger partial charge in [0, 0.05) is 13.0 Å². The summed E-state index contributed by atoms with van der Waals surface area (Å²) in [5.74, 6) is -1.05. The summed E-state index contributed by atoms with van der Waals surface area (Å²) < 4.78 is 0. The normalized spacial score (nSPS) is 11.5. The van der Waals surface area contributed by atoms with Crippen molar-refractivity contribution in [3.05, 3.63) is 71.8 Å². The number of nitrogens with one attached hydrogen (secondary N) is 2. The summed E-state index contributed by atoms with van der Waals surface area (Å²) >= 11 is 0. The van der Waals surface area contributed by atoms with Crippen molar-refractivity contribution >= 4 is 12.0 Å². The molecule has 0 aliphatic rings. The van der Waals surface area contributed by atoms with Crippen LogP contribution in [0, 0.1) is 0 Å². The molecule has 0 saturated carbocycles. The topological polar surface area (TPSA) is 78.4 Å². The Balaban J connectivity index is 1.80. The molecule has 0 aliphatic carbocycles. The molecule has 1 atom stereocenters. The van der Waals surface area contributed by atoms with E-state index in [-0.39, 0.29) is 6.42 Å². The Kier molecular flexibility index (Phi) is 6.17. The average molecular weight is 312 g/mol. The summed E-state index contributed by atoms with van der Waals surface area (Å²) in [5.41, 5.74) is 1.98. The molecule has 0 spiro atoms. The Labute approximate surface area is 135 Å². The van der Waals surface area contributed by atoms with Crippen LogP contribution in [0.15, 0.2) is 60.7 Å². The van der Waals surface area contributed by atoms with Crippen LogP contribution in [0.5, 0.6) is 0 Å². The average Bonchev–Trinajstić information content (AvgIpc) is 2.56. The first kappa shape index (κ1) is 16.5. The molecule has 5 nitrogen and oxygen atoms in total. The molecule has 2 aromatic rings. The smallest absolute Gasteiger partial charge is 0.326 e. The van der Waals surface area contributed by atoms with Gasteiger partial charge < -0.3 is 15.7 Å². The summed E-state index contributed by atoms with van der Waals surface area (Å²) in [6.07, 6.45) is 0.951. The first-order valence-electron chi connectivity index (χ1n) is 7.50. The molecule has 0 unspecified atom stereocenters. The number of carboxylic acids is 1. The van der Waals surface area contributed by atoms with Gasteiger partial charge in [0.1, 0.15) is 6.04 Å². The fraction of sp³-hybridized carbons (Fsp3) is 0.222. The van der Waals surface area contributed by atoms with Crippen LogP contribution < -0.4 is 10.6 Å². The lowest BCUT2D eigenvalue weighted by molar-refractivity contribution is -0.139. The zero-order chi connectivity index (χ0) is 16.5. The third-order valence-electron chi connectivity index (χ3n) is 3.43. The highest BCUT2D eigenvalue weighted by atomic mass is 16.4. The third-order valence-corrected chi connectivity index (χ3v) is 3.43. The van der Waals surface area contributed by atoms with Crippen molar-refractivity contribution in [3.63, 3.8) is 0 Å². The summed E-state index contributed by atoms with van der Waals surface area (Å²) in [7, 11) is 0. The van der Waals surface area contributed by atoms with E-state index in [0.29, 0.717) is 13.0 Å². The van der Waals surface area contributed by atoms with Crippen molar-refractivity contribution in [2.24, 2.45) is 0 Å². The Hall–Kier alpha value is -2.82. The van der Waals surface area contributed by atoms with Crippen LogP contribution in [0.1, 0.15) is 11.1 Å². The molecule has 2 rings (SSSR count).